The Kier molecular flexibility index (Phi) is 6.89. The van der Waals surface area contributed by atoms with Crippen LogP contribution in [0.3, 0.4) is 0 Å². The minimum Gasteiger partial charge on any atom is -0.465 e. The van der Waals surface area contributed by atoms with Gasteiger partial charge < -0.3 is 9.15 Å². The summed E-state index contributed by atoms with van der Waals surface area (Å²) in [7, 11) is 1.42. The molecule has 1 unspecified atom stereocenters. The number of rotatable bonds is 7. The van der Waals surface area contributed by atoms with Crippen LogP contribution in [-0.2, 0) is 11.2 Å². The van der Waals surface area contributed by atoms with Gasteiger partial charge in [-0.1, -0.05) is 78.9 Å². The third-order valence-electron chi connectivity index (χ3n) is 6.64. The molecule has 1 aliphatic rings. The Balaban J connectivity index is 1.40. The molecule has 1 heterocycles. The maximum Gasteiger partial charge on any atom is 0.337 e. The lowest BCUT2D eigenvalue weighted by molar-refractivity contribution is 0.0600. The number of ether oxygens (including phenoxy) is 1. The van der Waals surface area contributed by atoms with E-state index in [0.29, 0.717) is 11.5 Å². The molecular weight excluding hydrogens is 434 g/mol. The summed E-state index contributed by atoms with van der Waals surface area (Å²) in [5.74, 6) is 1.67. The fourth-order valence-corrected chi connectivity index (χ4v) is 4.89. The van der Waals surface area contributed by atoms with Gasteiger partial charge >= 0.3 is 5.97 Å². The van der Waals surface area contributed by atoms with E-state index in [2.05, 4.69) is 36.4 Å². The fraction of sp³-hybridized carbons (Fsp3) is 0.226. The molecule has 3 aromatic carbocycles. The molecule has 0 radical (unpaired) electrons. The number of methoxy groups -OCH3 is 1. The lowest BCUT2D eigenvalue weighted by Gasteiger charge is -2.24. The zero-order valence-electron chi connectivity index (χ0n) is 19.9. The zero-order valence-corrected chi connectivity index (χ0v) is 19.9. The SMILES string of the molecule is COC(=O)c1cccc(C2=CCCCC2CCc2nc(-c3ccccc3)c(-c3ccccc3)o2)c1. The number of nitrogens with zero attached hydrogens (tertiary/aromatic N) is 1. The summed E-state index contributed by atoms with van der Waals surface area (Å²) >= 11 is 0. The van der Waals surface area contributed by atoms with E-state index in [-0.39, 0.29) is 5.97 Å². The molecule has 4 heteroatoms. The van der Waals surface area contributed by atoms with Crippen LogP contribution in [0, 0.1) is 5.92 Å². The van der Waals surface area contributed by atoms with Gasteiger partial charge in [-0.15, -0.1) is 0 Å². The molecule has 0 saturated carbocycles. The minimum atomic E-state index is -0.304. The Morgan fingerprint density at radius 3 is 2.40 bits per heavy atom. The molecule has 0 fully saturated rings. The van der Waals surface area contributed by atoms with Crippen LogP contribution in [-0.4, -0.2) is 18.1 Å². The molecule has 176 valence electrons. The maximum absolute atomic E-state index is 12.0. The highest BCUT2D eigenvalue weighted by molar-refractivity contribution is 5.90. The van der Waals surface area contributed by atoms with Crippen molar-refractivity contribution in [2.24, 2.45) is 5.92 Å². The van der Waals surface area contributed by atoms with Gasteiger partial charge in [0, 0.05) is 17.5 Å². The molecule has 0 aliphatic heterocycles. The van der Waals surface area contributed by atoms with Crippen LogP contribution < -0.4 is 0 Å². The number of carbonyl (C=O) groups is 1. The zero-order chi connectivity index (χ0) is 24.0. The maximum atomic E-state index is 12.0. The van der Waals surface area contributed by atoms with E-state index in [1.54, 1.807) is 6.07 Å². The minimum absolute atomic E-state index is 0.304. The van der Waals surface area contributed by atoms with Gasteiger partial charge in [-0.3, -0.25) is 0 Å². The van der Waals surface area contributed by atoms with Gasteiger partial charge in [0.1, 0.15) is 5.69 Å². The lowest BCUT2D eigenvalue weighted by Crippen LogP contribution is -2.10. The first kappa shape index (κ1) is 22.9. The molecule has 0 N–H and O–H groups in total. The summed E-state index contributed by atoms with van der Waals surface area (Å²) < 4.78 is 11.3. The van der Waals surface area contributed by atoms with Crippen molar-refractivity contribution in [3.63, 3.8) is 0 Å². The van der Waals surface area contributed by atoms with Gasteiger partial charge in [0.05, 0.1) is 12.7 Å². The van der Waals surface area contributed by atoms with Crippen molar-refractivity contribution in [2.45, 2.75) is 32.1 Å². The second kappa shape index (κ2) is 10.6. The van der Waals surface area contributed by atoms with Gasteiger partial charge in [0.15, 0.2) is 11.7 Å². The van der Waals surface area contributed by atoms with Crippen molar-refractivity contribution in [1.82, 2.24) is 4.98 Å². The largest absolute Gasteiger partial charge is 0.465 e. The van der Waals surface area contributed by atoms with Crippen LogP contribution in [0.5, 0.6) is 0 Å². The normalized spacial score (nSPS) is 15.5. The number of aromatic nitrogens is 1. The van der Waals surface area contributed by atoms with E-state index in [0.717, 1.165) is 59.7 Å². The van der Waals surface area contributed by atoms with Gasteiger partial charge in [0.25, 0.3) is 0 Å². The molecule has 1 aromatic heterocycles. The molecule has 5 rings (SSSR count). The molecule has 0 amide bonds. The average Bonchev–Trinajstić information content (AvgIpc) is 3.37. The fourth-order valence-electron chi connectivity index (χ4n) is 4.89. The summed E-state index contributed by atoms with van der Waals surface area (Å²) in [6.45, 7) is 0. The van der Waals surface area contributed by atoms with Crippen molar-refractivity contribution < 1.29 is 13.9 Å². The monoisotopic (exact) mass is 463 g/mol. The summed E-state index contributed by atoms with van der Waals surface area (Å²) in [4.78, 5) is 17.0. The Morgan fingerprint density at radius 1 is 0.943 bits per heavy atom. The van der Waals surface area contributed by atoms with Crippen molar-refractivity contribution >= 4 is 11.5 Å². The van der Waals surface area contributed by atoms with Gasteiger partial charge in [-0.25, -0.2) is 9.78 Å². The first-order valence-corrected chi connectivity index (χ1v) is 12.2. The molecule has 35 heavy (non-hydrogen) atoms. The summed E-state index contributed by atoms with van der Waals surface area (Å²) in [6, 6.07) is 28.2. The first-order valence-electron chi connectivity index (χ1n) is 12.2. The van der Waals surface area contributed by atoms with Gasteiger partial charge in [-0.05, 0) is 54.9 Å². The predicted molar refractivity (Wildman–Crippen MR) is 139 cm³/mol. The number of hydrogen-bond acceptors (Lipinski definition) is 4. The Bertz CT molecular complexity index is 1260. The second-order valence-corrected chi connectivity index (χ2v) is 8.92. The van der Waals surface area contributed by atoms with Crippen molar-refractivity contribution in [3.8, 4) is 22.6 Å². The Morgan fingerprint density at radius 2 is 1.66 bits per heavy atom. The Hall–Kier alpha value is -3.92. The van der Waals surface area contributed by atoms with Crippen LogP contribution in [0.1, 0.15) is 47.5 Å². The summed E-state index contributed by atoms with van der Waals surface area (Å²) in [5.41, 5.74) is 5.96. The summed E-state index contributed by atoms with van der Waals surface area (Å²) in [5, 5.41) is 0. The molecule has 0 saturated heterocycles. The highest BCUT2D eigenvalue weighted by Gasteiger charge is 2.22. The molecule has 4 aromatic rings. The molecule has 1 atom stereocenters. The standard InChI is InChI=1S/C31H29NO3/c1-34-31(33)26-17-10-16-25(21-26)27-18-9-8-11-22(27)19-20-28-32-29(23-12-4-2-5-13-23)30(35-28)24-14-6-3-7-15-24/h2-7,10,12-18,21-22H,8-9,11,19-20H2,1H3. The average molecular weight is 464 g/mol. The van der Waals surface area contributed by atoms with Gasteiger partial charge in [0.2, 0.25) is 0 Å². The van der Waals surface area contributed by atoms with Crippen LogP contribution in [0.25, 0.3) is 28.2 Å². The van der Waals surface area contributed by atoms with Crippen molar-refractivity contribution in [2.75, 3.05) is 7.11 Å². The van der Waals surface area contributed by atoms with Crippen LogP contribution >= 0.6 is 0 Å². The highest BCUT2D eigenvalue weighted by Crippen LogP contribution is 2.37. The number of hydrogen-bond donors (Lipinski definition) is 0. The lowest BCUT2D eigenvalue weighted by atomic mass is 9.81. The molecular formula is C31H29NO3. The Labute approximate surface area is 206 Å². The van der Waals surface area contributed by atoms with Crippen LogP contribution in [0.15, 0.2) is 95.4 Å². The second-order valence-electron chi connectivity index (χ2n) is 8.92. The third-order valence-corrected chi connectivity index (χ3v) is 6.64. The first-order chi connectivity index (χ1) is 17.2. The van der Waals surface area contributed by atoms with E-state index < -0.39 is 0 Å². The van der Waals surface area contributed by atoms with Crippen LogP contribution in [0.2, 0.25) is 0 Å². The molecule has 0 spiro atoms. The van der Waals surface area contributed by atoms with Crippen molar-refractivity contribution in [1.29, 1.82) is 0 Å². The number of oxazole rings is 1. The van der Waals surface area contributed by atoms with E-state index in [1.807, 2.05) is 48.5 Å². The number of esters is 1. The third kappa shape index (κ3) is 5.12. The van der Waals surface area contributed by atoms with Crippen molar-refractivity contribution in [3.05, 3.63) is 108 Å². The number of allylic oxidation sites excluding steroid dienone is 2. The molecule has 0 bridgehead atoms. The van der Waals surface area contributed by atoms with E-state index in [9.17, 15) is 4.79 Å². The number of aryl methyl sites for hydroxylation is 1. The van der Waals surface area contributed by atoms with Crippen LogP contribution in [0.4, 0.5) is 0 Å². The van der Waals surface area contributed by atoms with E-state index >= 15 is 0 Å². The topological polar surface area (TPSA) is 52.3 Å². The van der Waals surface area contributed by atoms with E-state index in [4.69, 9.17) is 14.1 Å². The molecule has 4 nitrogen and oxygen atoms in total. The quantitative estimate of drug-likeness (QED) is 0.265. The van der Waals surface area contributed by atoms with E-state index in [1.165, 1.54) is 19.1 Å². The predicted octanol–water partition coefficient (Wildman–Crippen LogP) is 7.61. The summed E-state index contributed by atoms with van der Waals surface area (Å²) in [6.07, 6.45) is 7.37. The molecule has 1 aliphatic carbocycles. The van der Waals surface area contributed by atoms with Gasteiger partial charge in [-0.2, -0.15) is 0 Å². The highest BCUT2D eigenvalue weighted by atomic mass is 16.5. The number of benzene rings is 3. The number of carbonyl (C=O) groups excluding carboxylic acids is 1. The smallest absolute Gasteiger partial charge is 0.337 e.